The molecule has 0 atom stereocenters. The van der Waals surface area contributed by atoms with Gasteiger partial charge in [-0.2, -0.15) is 0 Å². The molecule has 1 aromatic heterocycles. The second-order valence-electron chi connectivity index (χ2n) is 4.27. The number of nitro groups is 1. The molecule has 6 heteroatoms. The van der Waals surface area contributed by atoms with Crippen LogP contribution in [0, 0.1) is 10.1 Å². The lowest BCUT2D eigenvalue weighted by Gasteiger charge is -2.19. The molecule has 16 heavy (non-hydrogen) atoms. The van der Waals surface area contributed by atoms with E-state index < -0.39 is 16.5 Å². The van der Waals surface area contributed by atoms with E-state index >= 15 is 0 Å². The lowest BCUT2D eigenvalue weighted by atomic mass is 10.2. The van der Waals surface area contributed by atoms with Crippen LogP contribution in [0.2, 0.25) is 0 Å². The van der Waals surface area contributed by atoms with Crippen molar-refractivity contribution in [3.8, 4) is 0 Å². The molecule has 0 spiro atoms. The molecule has 0 fully saturated rings. The fraction of sp³-hybridized carbons (Fsp3) is 0.500. The second kappa shape index (κ2) is 4.61. The molecule has 0 saturated heterocycles. The van der Waals surface area contributed by atoms with Crippen LogP contribution in [0.4, 0.5) is 5.00 Å². The first kappa shape index (κ1) is 12.6. The van der Waals surface area contributed by atoms with E-state index in [4.69, 9.17) is 4.74 Å². The average molecular weight is 243 g/mol. The van der Waals surface area contributed by atoms with Crippen molar-refractivity contribution in [1.82, 2.24) is 0 Å². The first-order valence-corrected chi connectivity index (χ1v) is 5.60. The summed E-state index contributed by atoms with van der Waals surface area (Å²) in [5.41, 5.74) is -0.161. The minimum absolute atomic E-state index is 0.00543. The molecule has 0 aromatic carbocycles. The molecular formula is C10H13NO4S. The molecule has 1 heterocycles. The SMILES string of the molecule is CC(C)(C)OC(=O)Cc1ccsc1[N+](=O)[O-]. The molecule has 0 aliphatic rings. The van der Waals surface area contributed by atoms with Crippen LogP contribution in [0.3, 0.4) is 0 Å². The number of thiophene rings is 1. The Hall–Kier alpha value is -1.43. The summed E-state index contributed by atoms with van der Waals surface area (Å²) in [7, 11) is 0. The van der Waals surface area contributed by atoms with Gasteiger partial charge in [0.2, 0.25) is 0 Å². The van der Waals surface area contributed by atoms with Crippen LogP contribution in [0.5, 0.6) is 0 Å². The molecule has 0 aliphatic carbocycles. The second-order valence-corrected chi connectivity index (χ2v) is 5.17. The van der Waals surface area contributed by atoms with Gasteiger partial charge in [0, 0.05) is 0 Å². The van der Waals surface area contributed by atoms with Crippen molar-refractivity contribution in [2.75, 3.05) is 0 Å². The van der Waals surface area contributed by atoms with Gasteiger partial charge in [0.1, 0.15) is 5.60 Å². The van der Waals surface area contributed by atoms with Gasteiger partial charge in [-0.1, -0.05) is 11.3 Å². The topological polar surface area (TPSA) is 69.4 Å². The zero-order valence-corrected chi connectivity index (χ0v) is 10.2. The minimum Gasteiger partial charge on any atom is -0.460 e. The van der Waals surface area contributed by atoms with Gasteiger partial charge in [-0.15, -0.1) is 0 Å². The third-order valence-corrected chi connectivity index (χ3v) is 2.55. The molecule has 0 amide bonds. The Morgan fingerprint density at radius 2 is 2.19 bits per heavy atom. The summed E-state index contributed by atoms with van der Waals surface area (Å²) < 4.78 is 5.09. The van der Waals surface area contributed by atoms with Crippen molar-refractivity contribution in [2.24, 2.45) is 0 Å². The van der Waals surface area contributed by atoms with E-state index in [0.717, 1.165) is 11.3 Å². The van der Waals surface area contributed by atoms with E-state index in [1.54, 1.807) is 32.2 Å². The van der Waals surface area contributed by atoms with Crippen molar-refractivity contribution in [1.29, 1.82) is 0 Å². The number of carbonyl (C=O) groups is 1. The Kier molecular flexibility index (Phi) is 3.64. The summed E-state index contributed by atoms with van der Waals surface area (Å²) in [5, 5.41) is 12.2. The molecule has 0 N–H and O–H groups in total. The third-order valence-electron chi connectivity index (χ3n) is 1.64. The number of hydrogen-bond acceptors (Lipinski definition) is 5. The van der Waals surface area contributed by atoms with Crippen LogP contribution in [0.15, 0.2) is 11.4 Å². The molecular weight excluding hydrogens is 230 g/mol. The largest absolute Gasteiger partial charge is 0.460 e. The predicted molar refractivity (Wildman–Crippen MR) is 60.5 cm³/mol. The molecule has 88 valence electrons. The normalized spacial score (nSPS) is 11.2. The third kappa shape index (κ3) is 3.62. The highest BCUT2D eigenvalue weighted by Crippen LogP contribution is 2.26. The summed E-state index contributed by atoms with van der Waals surface area (Å²) >= 11 is 1.01. The van der Waals surface area contributed by atoms with Crippen molar-refractivity contribution in [3.63, 3.8) is 0 Å². The van der Waals surface area contributed by atoms with Crippen LogP contribution in [-0.2, 0) is 16.0 Å². The first-order valence-electron chi connectivity index (χ1n) is 4.72. The highest BCUT2D eigenvalue weighted by Gasteiger charge is 2.21. The fourth-order valence-electron chi connectivity index (χ4n) is 1.16. The fourth-order valence-corrected chi connectivity index (χ4v) is 1.89. The summed E-state index contributed by atoms with van der Waals surface area (Å²) in [6.07, 6.45) is -0.0584. The Labute approximate surface area is 97.2 Å². The van der Waals surface area contributed by atoms with Gasteiger partial charge < -0.3 is 4.74 Å². The Morgan fingerprint density at radius 1 is 1.56 bits per heavy atom. The van der Waals surface area contributed by atoms with Crippen LogP contribution in [0.25, 0.3) is 0 Å². The Morgan fingerprint density at radius 3 is 2.69 bits per heavy atom. The smallest absolute Gasteiger partial charge is 0.327 e. The zero-order chi connectivity index (χ0) is 12.3. The Balaban J connectivity index is 2.70. The monoisotopic (exact) mass is 243 g/mol. The molecule has 1 aromatic rings. The maximum absolute atomic E-state index is 11.5. The number of ether oxygens (including phenoxy) is 1. The van der Waals surface area contributed by atoms with Gasteiger partial charge in [0.15, 0.2) is 0 Å². The van der Waals surface area contributed by atoms with Crippen molar-refractivity contribution in [3.05, 3.63) is 27.1 Å². The maximum atomic E-state index is 11.5. The highest BCUT2D eigenvalue weighted by molar-refractivity contribution is 7.13. The average Bonchev–Trinajstić information content (AvgIpc) is 2.47. The summed E-state index contributed by atoms with van der Waals surface area (Å²) in [5.74, 6) is -0.450. The summed E-state index contributed by atoms with van der Waals surface area (Å²) in [6.45, 7) is 5.27. The molecule has 1 rings (SSSR count). The maximum Gasteiger partial charge on any atom is 0.327 e. The van der Waals surface area contributed by atoms with Crippen molar-refractivity contribution < 1.29 is 14.5 Å². The van der Waals surface area contributed by atoms with E-state index in [2.05, 4.69) is 0 Å². The quantitative estimate of drug-likeness (QED) is 0.464. The van der Waals surface area contributed by atoms with Crippen molar-refractivity contribution >= 4 is 22.3 Å². The standard InChI is InChI=1S/C10H13NO4S/c1-10(2,3)15-8(12)6-7-4-5-16-9(7)11(13)14/h4-5H,6H2,1-3H3. The lowest BCUT2D eigenvalue weighted by Crippen LogP contribution is -2.24. The van der Waals surface area contributed by atoms with Gasteiger partial charge in [-0.25, -0.2) is 0 Å². The van der Waals surface area contributed by atoms with Gasteiger partial charge in [-0.05, 0) is 32.2 Å². The number of nitrogens with zero attached hydrogens (tertiary/aromatic N) is 1. The van der Waals surface area contributed by atoms with E-state index in [9.17, 15) is 14.9 Å². The van der Waals surface area contributed by atoms with E-state index in [0.29, 0.717) is 5.56 Å². The van der Waals surface area contributed by atoms with Crippen LogP contribution in [-0.4, -0.2) is 16.5 Å². The van der Waals surface area contributed by atoms with Crippen LogP contribution < -0.4 is 0 Å². The lowest BCUT2D eigenvalue weighted by molar-refractivity contribution is -0.380. The molecule has 0 saturated carbocycles. The number of rotatable bonds is 3. The van der Waals surface area contributed by atoms with Crippen LogP contribution in [0.1, 0.15) is 26.3 Å². The van der Waals surface area contributed by atoms with Gasteiger partial charge in [-0.3, -0.25) is 14.9 Å². The predicted octanol–water partition coefficient (Wildman–Crippen LogP) is 2.54. The first-order chi connectivity index (χ1) is 7.29. The molecule has 0 unspecified atom stereocenters. The number of hydrogen-bond donors (Lipinski definition) is 0. The number of carbonyl (C=O) groups excluding carboxylic acids is 1. The highest BCUT2D eigenvalue weighted by atomic mass is 32.1. The molecule has 5 nitrogen and oxygen atoms in total. The molecule has 0 radical (unpaired) electrons. The summed E-state index contributed by atoms with van der Waals surface area (Å²) in [4.78, 5) is 21.6. The zero-order valence-electron chi connectivity index (χ0n) is 9.35. The van der Waals surface area contributed by atoms with Gasteiger partial charge in [0.25, 0.3) is 0 Å². The number of esters is 1. The van der Waals surface area contributed by atoms with Crippen molar-refractivity contribution in [2.45, 2.75) is 32.8 Å². The van der Waals surface area contributed by atoms with Crippen LogP contribution >= 0.6 is 11.3 Å². The molecule has 0 aliphatic heterocycles. The summed E-state index contributed by atoms with van der Waals surface area (Å²) in [6, 6.07) is 1.58. The van der Waals surface area contributed by atoms with Gasteiger partial charge >= 0.3 is 11.0 Å². The van der Waals surface area contributed by atoms with Gasteiger partial charge in [0.05, 0.1) is 16.9 Å². The minimum atomic E-state index is -0.568. The van der Waals surface area contributed by atoms with E-state index in [1.165, 1.54) is 0 Å². The Bertz CT molecular complexity index is 405. The molecule has 0 bridgehead atoms. The van der Waals surface area contributed by atoms with E-state index in [-0.39, 0.29) is 11.4 Å². The van der Waals surface area contributed by atoms with E-state index in [1.807, 2.05) is 0 Å².